The molecular weight excluding hydrogens is 643 g/mol. The first-order valence-electron chi connectivity index (χ1n) is 14.9. The van der Waals surface area contributed by atoms with E-state index in [2.05, 4.69) is 15.7 Å². The molecule has 4 N–H and O–H groups in total. The zero-order valence-electron chi connectivity index (χ0n) is 25.3. The maximum atomic E-state index is 15.4. The van der Waals surface area contributed by atoms with Crippen molar-refractivity contribution in [3.05, 3.63) is 83.8 Å². The first-order valence-corrected chi connectivity index (χ1v) is 16.3. The summed E-state index contributed by atoms with van der Waals surface area (Å²) in [4.78, 5) is 48.5. The highest BCUT2D eigenvalue weighted by molar-refractivity contribution is 7.92. The van der Waals surface area contributed by atoms with E-state index in [-0.39, 0.29) is 41.3 Å². The van der Waals surface area contributed by atoms with E-state index >= 15 is 4.39 Å². The number of phenols is 1. The maximum Gasteiger partial charge on any atom is 0.326 e. The monoisotopic (exact) mass is 670 g/mol. The van der Waals surface area contributed by atoms with Crippen molar-refractivity contribution in [3.63, 3.8) is 0 Å². The number of carbonyl (C=O) groups excluding carboxylic acids is 4. The number of piperidine rings is 1. The molecule has 2 saturated heterocycles. The molecule has 4 amide bonds. The minimum Gasteiger partial charge on any atom is -0.506 e. The smallest absolute Gasteiger partial charge is 0.326 e. The van der Waals surface area contributed by atoms with Crippen molar-refractivity contribution in [2.45, 2.75) is 25.2 Å². The third-order valence-electron chi connectivity index (χ3n) is 8.49. The zero-order chi connectivity index (χ0) is 33.9. The zero-order valence-corrected chi connectivity index (χ0v) is 26.1. The van der Waals surface area contributed by atoms with Crippen molar-refractivity contribution in [1.82, 2.24) is 19.8 Å². The number of amides is 4. The minimum atomic E-state index is -4.34. The van der Waals surface area contributed by atoms with Gasteiger partial charge in [-0.1, -0.05) is 36.4 Å². The Labute approximate surface area is 272 Å². The molecule has 2 fully saturated rings. The van der Waals surface area contributed by atoms with Crippen molar-refractivity contribution < 1.29 is 37.1 Å². The second kappa shape index (κ2) is 11.5. The van der Waals surface area contributed by atoms with Crippen LogP contribution in [0.25, 0.3) is 32.8 Å². The van der Waals surface area contributed by atoms with E-state index in [4.69, 9.17) is 0 Å². The van der Waals surface area contributed by atoms with Crippen LogP contribution in [0, 0.1) is 5.82 Å². The Morgan fingerprint density at radius 1 is 1.00 bits per heavy atom. The number of carbonyl (C=O) groups is 4. The summed E-state index contributed by atoms with van der Waals surface area (Å²) < 4.78 is 43.7. The highest BCUT2D eigenvalue weighted by Crippen LogP contribution is 2.39. The van der Waals surface area contributed by atoms with Gasteiger partial charge in [-0.15, -0.1) is 0 Å². The maximum absolute atomic E-state index is 15.4. The molecule has 0 bridgehead atoms. The van der Waals surface area contributed by atoms with E-state index in [1.54, 1.807) is 16.5 Å². The van der Waals surface area contributed by atoms with Crippen LogP contribution < -0.4 is 19.7 Å². The summed E-state index contributed by atoms with van der Waals surface area (Å²) in [7, 11) is -2.54. The van der Waals surface area contributed by atoms with Crippen LogP contribution in [0.15, 0.2) is 66.7 Å². The van der Waals surface area contributed by atoms with Gasteiger partial charge in [0, 0.05) is 29.9 Å². The van der Waals surface area contributed by atoms with Crippen molar-refractivity contribution in [2.24, 2.45) is 7.05 Å². The Balaban J connectivity index is 1.05. The number of aromatic hydroxyl groups is 1. The number of hydrogen-bond acceptors (Lipinski definition) is 8. The fourth-order valence-electron chi connectivity index (χ4n) is 6.18. The SMILES string of the molecule is Cn1nc(C2CCC(=O)NC2=O)c2ccc(-c3ccc(CC(=O)Nc4ccc5c(F)c(N6CC(=O)NS6(=O)=O)c(O)cc5c4)cc3)cc21. The predicted octanol–water partition coefficient (Wildman–Crippen LogP) is 3.12. The Morgan fingerprint density at radius 3 is 2.44 bits per heavy atom. The van der Waals surface area contributed by atoms with Gasteiger partial charge in [0.15, 0.2) is 5.82 Å². The molecule has 7 rings (SSSR count). The Kier molecular flexibility index (Phi) is 7.35. The number of fused-ring (bicyclic) bond motifs is 2. The van der Waals surface area contributed by atoms with Gasteiger partial charge in [0.2, 0.25) is 17.7 Å². The van der Waals surface area contributed by atoms with E-state index in [0.29, 0.717) is 22.1 Å². The van der Waals surface area contributed by atoms with Gasteiger partial charge >= 0.3 is 10.2 Å². The number of benzene rings is 4. The molecule has 3 heterocycles. The van der Waals surface area contributed by atoms with Crippen LogP contribution in [0.5, 0.6) is 5.75 Å². The van der Waals surface area contributed by atoms with Crippen molar-refractivity contribution >= 4 is 66.9 Å². The minimum absolute atomic E-state index is 0.0116. The average Bonchev–Trinajstić information content (AvgIpc) is 3.50. The fourth-order valence-corrected chi connectivity index (χ4v) is 7.34. The number of aromatic nitrogens is 2. The fraction of sp³-hybridized carbons (Fsp3) is 0.182. The van der Waals surface area contributed by atoms with Crippen molar-refractivity contribution in [3.8, 4) is 16.9 Å². The average molecular weight is 671 g/mol. The van der Waals surface area contributed by atoms with Crippen LogP contribution >= 0.6 is 0 Å². The number of anilines is 2. The highest BCUT2D eigenvalue weighted by Gasteiger charge is 2.38. The lowest BCUT2D eigenvalue weighted by Gasteiger charge is -2.19. The molecule has 4 aromatic carbocycles. The van der Waals surface area contributed by atoms with Crippen LogP contribution in [-0.4, -0.2) is 53.5 Å². The van der Waals surface area contributed by atoms with Gasteiger partial charge in [0.05, 0.1) is 23.5 Å². The van der Waals surface area contributed by atoms with Gasteiger partial charge in [-0.05, 0) is 58.8 Å². The first-order chi connectivity index (χ1) is 22.9. The Hall–Kier alpha value is -5.83. The van der Waals surface area contributed by atoms with E-state index in [9.17, 15) is 32.7 Å². The van der Waals surface area contributed by atoms with E-state index in [1.165, 1.54) is 24.3 Å². The molecular formula is C33H27FN6O7S. The van der Waals surface area contributed by atoms with E-state index < -0.39 is 45.8 Å². The molecule has 2 aliphatic rings. The summed E-state index contributed by atoms with van der Waals surface area (Å²) in [5, 5.41) is 21.2. The molecule has 1 atom stereocenters. The summed E-state index contributed by atoms with van der Waals surface area (Å²) in [6.07, 6.45) is 0.718. The molecule has 0 saturated carbocycles. The number of aryl methyl sites for hydroxylation is 1. The summed E-state index contributed by atoms with van der Waals surface area (Å²) in [5.74, 6) is -4.01. The van der Waals surface area contributed by atoms with E-state index in [0.717, 1.165) is 27.6 Å². The molecule has 48 heavy (non-hydrogen) atoms. The third-order valence-corrected chi connectivity index (χ3v) is 9.86. The lowest BCUT2D eigenvalue weighted by Crippen LogP contribution is -2.39. The number of phenolic OH excluding ortho intramolecular Hbond substituents is 1. The van der Waals surface area contributed by atoms with E-state index in [1.807, 2.05) is 42.5 Å². The number of imide groups is 1. The number of hydrogen-bond donors (Lipinski definition) is 4. The van der Waals surface area contributed by atoms with Gasteiger partial charge in [-0.3, -0.25) is 29.2 Å². The standard InChI is InChI=1S/C33H27FN6O7S/c1-39-25-14-19(6-8-23(25)31(37-39)24-10-11-27(42)36-33(24)45)18-4-2-17(3-5-18)12-28(43)35-21-7-9-22-20(13-21)15-26(41)32(30(22)34)40-16-29(44)38-48(40,46)47/h2-9,13-15,24,41H,10-12,16H2,1H3,(H,35,43)(H,38,44)(H,36,42,45). The molecule has 1 unspecified atom stereocenters. The molecule has 1 aromatic heterocycles. The first kappa shape index (κ1) is 30.8. The molecule has 244 valence electrons. The second-order valence-electron chi connectivity index (χ2n) is 11.7. The normalized spacial score (nSPS) is 17.5. The molecule has 13 nitrogen and oxygen atoms in total. The predicted molar refractivity (Wildman–Crippen MR) is 174 cm³/mol. The quantitative estimate of drug-likeness (QED) is 0.199. The molecule has 15 heteroatoms. The lowest BCUT2D eigenvalue weighted by atomic mass is 9.92. The van der Waals surface area contributed by atoms with Gasteiger partial charge in [0.25, 0.3) is 5.91 Å². The number of halogens is 1. The largest absolute Gasteiger partial charge is 0.506 e. The Morgan fingerprint density at radius 2 is 1.73 bits per heavy atom. The van der Waals surface area contributed by atoms with Crippen LogP contribution in [0.4, 0.5) is 15.8 Å². The number of nitrogens with zero attached hydrogens (tertiary/aromatic N) is 3. The lowest BCUT2D eigenvalue weighted by molar-refractivity contribution is -0.134. The van der Waals surface area contributed by atoms with Crippen molar-refractivity contribution in [2.75, 3.05) is 16.2 Å². The molecule has 0 spiro atoms. The van der Waals surface area contributed by atoms with Gasteiger partial charge in [-0.2, -0.15) is 13.5 Å². The second-order valence-corrected chi connectivity index (χ2v) is 13.3. The van der Waals surface area contributed by atoms with Crippen molar-refractivity contribution in [1.29, 1.82) is 0 Å². The molecule has 0 radical (unpaired) electrons. The summed E-state index contributed by atoms with van der Waals surface area (Å²) in [6, 6.07) is 18.7. The summed E-state index contributed by atoms with van der Waals surface area (Å²) >= 11 is 0. The van der Waals surface area contributed by atoms with Crippen LogP contribution in [0.3, 0.4) is 0 Å². The van der Waals surface area contributed by atoms with Crippen LogP contribution in [0.1, 0.15) is 30.0 Å². The van der Waals surface area contributed by atoms with Crippen LogP contribution in [0.2, 0.25) is 0 Å². The Bertz CT molecular complexity index is 2320. The molecule has 5 aromatic rings. The molecule has 2 aliphatic heterocycles. The van der Waals surface area contributed by atoms with Gasteiger partial charge in [0.1, 0.15) is 18.0 Å². The number of rotatable bonds is 6. The topological polar surface area (TPSA) is 180 Å². The summed E-state index contributed by atoms with van der Waals surface area (Å²) in [6.45, 7) is -0.666. The highest BCUT2D eigenvalue weighted by atomic mass is 32.2. The molecule has 0 aliphatic carbocycles. The van der Waals surface area contributed by atoms with Crippen LogP contribution in [-0.2, 0) is 42.9 Å². The summed E-state index contributed by atoms with van der Waals surface area (Å²) in [5.41, 5.74) is 3.72. The van der Waals surface area contributed by atoms with Gasteiger partial charge < -0.3 is 10.4 Å². The third kappa shape index (κ3) is 5.47. The van der Waals surface area contributed by atoms with Gasteiger partial charge in [-0.25, -0.2) is 13.4 Å². The number of nitrogens with one attached hydrogen (secondary N) is 3.